The van der Waals surface area contributed by atoms with Gasteiger partial charge in [-0.15, -0.1) is 0 Å². The Labute approximate surface area is 118 Å². The number of nitrogens with one attached hydrogen (secondary N) is 2. The van der Waals surface area contributed by atoms with E-state index in [-0.39, 0.29) is 12.1 Å². The van der Waals surface area contributed by atoms with E-state index in [1.165, 1.54) is 0 Å². The predicted molar refractivity (Wildman–Crippen MR) is 77.0 cm³/mol. The normalized spacial score (nSPS) is 12.5. The molecule has 5 nitrogen and oxygen atoms in total. The topological polar surface area (TPSA) is 61.4 Å². The first-order valence-corrected chi connectivity index (χ1v) is 7.13. The van der Waals surface area contributed by atoms with Crippen LogP contribution in [0.15, 0.2) is 16.8 Å². The number of nitrogens with zero attached hydrogens (tertiary/aromatic N) is 1. The summed E-state index contributed by atoms with van der Waals surface area (Å²) in [6.07, 6.45) is 0. The molecule has 2 amide bonds. The summed E-state index contributed by atoms with van der Waals surface area (Å²) in [5, 5.41) is 9.28. The fraction of sp³-hybridized carbons (Fsp3) is 0.538. The monoisotopic (exact) mass is 283 g/mol. The quantitative estimate of drug-likeness (QED) is 0.792. The minimum atomic E-state index is -0.587. The fourth-order valence-corrected chi connectivity index (χ4v) is 2.37. The SMILES string of the molecule is CC(C)NC(=O)C(=O)NCC(c1ccsc1)N(C)C. The second-order valence-electron chi connectivity index (χ2n) is 4.87. The van der Waals surface area contributed by atoms with Crippen molar-refractivity contribution in [3.8, 4) is 0 Å². The predicted octanol–water partition coefficient (Wildman–Crippen LogP) is 0.992. The zero-order chi connectivity index (χ0) is 14.4. The molecule has 0 bridgehead atoms. The highest BCUT2D eigenvalue weighted by molar-refractivity contribution is 7.07. The van der Waals surface area contributed by atoms with E-state index < -0.39 is 11.8 Å². The van der Waals surface area contributed by atoms with Crippen molar-refractivity contribution in [1.29, 1.82) is 0 Å². The average molecular weight is 283 g/mol. The molecule has 1 aromatic heterocycles. The van der Waals surface area contributed by atoms with Crippen molar-refractivity contribution in [3.05, 3.63) is 22.4 Å². The number of thiophene rings is 1. The lowest BCUT2D eigenvalue weighted by atomic mass is 10.1. The van der Waals surface area contributed by atoms with Crippen molar-refractivity contribution >= 4 is 23.2 Å². The third-order valence-corrected chi connectivity index (χ3v) is 3.33. The van der Waals surface area contributed by atoms with Crippen LogP contribution in [0.4, 0.5) is 0 Å². The van der Waals surface area contributed by atoms with Crippen LogP contribution in [0.25, 0.3) is 0 Å². The van der Waals surface area contributed by atoms with Gasteiger partial charge in [0, 0.05) is 12.6 Å². The van der Waals surface area contributed by atoms with Crippen molar-refractivity contribution in [2.45, 2.75) is 25.9 Å². The van der Waals surface area contributed by atoms with Gasteiger partial charge in [0.1, 0.15) is 0 Å². The van der Waals surface area contributed by atoms with Crippen molar-refractivity contribution in [2.75, 3.05) is 20.6 Å². The van der Waals surface area contributed by atoms with Gasteiger partial charge in [-0.2, -0.15) is 11.3 Å². The highest BCUT2D eigenvalue weighted by Gasteiger charge is 2.19. The van der Waals surface area contributed by atoms with Crippen LogP contribution in [-0.4, -0.2) is 43.4 Å². The minimum absolute atomic E-state index is 0.0419. The Morgan fingerprint density at radius 1 is 1.32 bits per heavy atom. The molecule has 2 N–H and O–H groups in total. The van der Waals surface area contributed by atoms with Gasteiger partial charge in [0.05, 0.1) is 6.04 Å². The largest absolute Gasteiger partial charge is 0.346 e. The molecule has 1 unspecified atom stereocenters. The number of carbonyl (C=O) groups is 2. The maximum absolute atomic E-state index is 11.6. The lowest BCUT2D eigenvalue weighted by Crippen LogP contribution is -2.45. The molecule has 0 aliphatic carbocycles. The Bertz CT molecular complexity index is 416. The van der Waals surface area contributed by atoms with Crippen molar-refractivity contribution in [1.82, 2.24) is 15.5 Å². The zero-order valence-electron chi connectivity index (χ0n) is 11.8. The van der Waals surface area contributed by atoms with Crippen molar-refractivity contribution in [2.24, 2.45) is 0 Å². The van der Waals surface area contributed by atoms with E-state index in [2.05, 4.69) is 10.6 Å². The second kappa shape index (κ2) is 7.25. The van der Waals surface area contributed by atoms with Gasteiger partial charge in [0.2, 0.25) is 0 Å². The molecule has 0 radical (unpaired) electrons. The zero-order valence-corrected chi connectivity index (χ0v) is 12.6. The summed E-state index contributed by atoms with van der Waals surface area (Å²) in [6.45, 7) is 4.05. The summed E-state index contributed by atoms with van der Waals surface area (Å²) >= 11 is 1.62. The van der Waals surface area contributed by atoms with Gasteiger partial charge >= 0.3 is 11.8 Å². The third kappa shape index (κ3) is 5.00. The van der Waals surface area contributed by atoms with E-state index in [0.29, 0.717) is 6.54 Å². The Kier molecular flexibility index (Phi) is 5.98. The Balaban J connectivity index is 2.53. The van der Waals surface area contributed by atoms with Crippen molar-refractivity contribution in [3.63, 3.8) is 0 Å². The maximum atomic E-state index is 11.6. The fourth-order valence-electron chi connectivity index (χ4n) is 1.66. The molecule has 1 heterocycles. The summed E-state index contributed by atoms with van der Waals surface area (Å²) < 4.78 is 0. The molecular weight excluding hydrogens is 262 g/mol. The van der Waals surface area contributed by atoms with Crippen LogP contribution in [-0.2, 0) is 9.59 Å². The molecule has 0 spiro atoms. The Morgan fingerprint density at radius 2 is 2.00 bits per heavy atom. The molecule has 106 valence electrons. The second-order valence-corrected chi connectivity index (χ2v) is 5.65. The molecule has 0 saturated carbocycles. The van der Waals surface area contributed by atoms with Gasteiger partial charge < -0.3 is 15.5 Å². The number of carbonyl (C=O) groups excluding carboxylic acids is 2. The maximum Gasteiger partial charge on any atom is 0.309 e. The molecule has 19 heavy (non-hydrogen) atoms. The molecule has 0 fully saturated rings. The average Bonchev–Trinajstić information content (AvgIpc) is 2.81. The lowest BCUT2D eigenvalue weighted by molar-refractivity contribution is -0.139. The number of rotatable bonds is 5. The molecule has 0 aliphatic heterocycles. The molecule has 6 heteroatoms. The Hall–Kier alpha value is -1.40. The highest BCUT2D eigenvalue weighted by atomic mass is 32.1. The van der Waals surface area contributed by atoms with Gasteiger partial charge in [-0.05, 0) is 50.3 Å². The van der Waals surface area contributed by atoms with Crippen LogP contribution in [0.5, 0.6) is 0 Å². The van der Waals surface area contributed by atoms with Gasteiger partial charge in [0.25, 0.3) is 0 Å². The summed E-state index contributed by atoms with van der Waals surface area (Å²) in [6, 6.07) is 2.05. The molecule has 0 saturated heterocycles. The van der Waals surface area contributed by atoms with Crippen LogP contribution in [0.2, 0.25) is 0 Å². The molecule has 1 rings (SSSR count). The van der Waals surface area contributed by atoms with Crippen LogP contribution in [0.1, 0.15) is 25.5 Å². The van der Waals surface area contributed by atoms with E-state index in [0.717, 1.165) is 5.56 Å². The summed E-state index contributed by atoms with van der Waals surface area (Å²) in [5.74, 6) is -1.17. The Morgan fingerprint density at radius 3 is 2.47 bits per heavy atom. The summed E-state index contributed by atoms with van der Waals surface area (Å²) in [4.78, 5) is 25.1. The number of likely N-dealkylation sites (N-methyl/N-ethyl adjacent to an activating group) is 1. The first kappa shape index (κ1) is 15.7. The first-order valence-electron chi connectivity index (χ1n) is 6.19. The van der Waals surface area contributed by atoms with Gasteiger partial charge in [-0.1, -0.05) is 0 Å². The van der Waals surface area contributed by atoms with Crippen LogP contribution >= 0.6 is 11.3 Å². The van der Waals surface area contributed by atoms with Crippen LogP contribution < -0.4 is 10.6 Å². The van der Waals surface area contributed by atoms with E-state index in [1.54, 1.807) is 11.3 Å². The standard InChI is InChI=1S/C13H21N3O2S/c1-9(2)15-13(18)12(17)14-7-11(16(3)4)10-5-6-19-8-10/h5-6,8-9,11H,7H2,1-4H3,(H,14,17)(H,15,18). The summed E-state index contributed by atoms with van der Waals surface area (Å²) in [5.41, 5.74) is 1.14. The van der Waals surface area contributed by atoms with E-state index >= 15 is 0 Å². The van der Waals surface area contributed by atoms with E-state index in [9.17, 15) is 9.59 Å². The minimum Gasteiger partial charge on any atom is -0.346 e. The highest BCUT2D eigenvalue weighted by Crippen LogP contribution is 2.19. The molecule has 1 aromatic rings. The first-order chi connectivity index (χ1) is 8.91. The summed E-state index contributed by atoms with van der Waals surface area (Å²) in [7, 11) is 3.89. The third-order valence-electron chi connectivity index (χ3n) is 2.63. The lowest BCUT2D eigenvalue weighted by Gasteiger charge is -2.23. The van der Waals surface area contributed by atoms with E-state index in [4.69, 9.17) is 0 Å². The van der Waals surface area contributed by atoms with E-state index in [1.807, 2.05) is 49.7 Å². The van der Waals surface area contributed by atoms with Crippen LogP contribution in [0.3, 0.4) is 0 Å². The molecule has 0 aliphatic rings. The van der Waals surface area contributed by atoms with Gasteiger partial charge in [0.15, 0.2) is 0 Å². The number of amides is 2. The smallest absolute Gasteiger partial charge is 0.309 e. The molecule has 0 aromatic carbocycles. The van der Waals surface area contributed by atoms with Gasteiger partial charge in [-0.3, -0.25) is 9.59 Å². The molecular formula is C13H21N3O2S. The number of hydrogen-bond donors (Lipinski definition) is 2. The molecule has 1 atom stereocenters. The van der Waals surface area contributed by atoms with Gasteiger partial charge in [-0.25, -0.2) is 0 Å². The van der Waals surface area contributed by atoms with Crippen LogP contribution in [0, 0.1) is 0 Å². The number of hydrogen-bond acceptors (Lipinski definition) is 4. The van der Waals surface area contributed by atoms with Crippen molar-refractivity contribution < 1.29 is 9.59 Å².